The van der Waals surface area contributed by atoms with Gasteiger partial charge in [-0.2, -0.15) is 0 Å². The molecule has 2 aromatic heterocycles. The minimum atomic E-state index is 0.0758. The first-order chi connectivity index (χ1) is 16.5. The Bertz CT molecular complexity index is 1120. The molecule has 0 radical (unpaired) electrons. The van der Waals surface area contributed by atoms with Crippen LogP contribution in [0.1, 0.15) is 41.9 Å². The molecule has 3 aromatic rings. The number of imidazole rings is 1. The van der Waals surface area contributed by atoms with E-state index in [1.54, 1.807) is 6.20 Å². The number of carbonyl (C=O) groups is 1. The molecule has 2 aliphatic rings. The number of ether oxygens (including phenoxy) is 1. The van der Waals surface area contributed by atoms with E-state index in [1.807, 2.05) is 41.4 Å². The minimum Gasteiger partial charge on any atom is -0.378 e. The molecule has 1 aromatic carbocycles. The van der Waals surface area contributed by atoms with Crippen LogP contribution in [0.5, 0.6) is 0 Å². The van der Waals surface area contributed by atoms with E-state index in [2.05, 4.69) is 44.1 Å². The normalized spacial score (nSPS) is 21.4. The van der Waals surface area contributed by atoms with Crippen molar-refractivity contribution in [3.05, 3.63) is 54.1 Å². The van der Waals surface area contributed by atoms with Crippen molar-refractivity contribution in [3.8, 4) is 11.4 Å². The molecule has 2 atom stereocenters. The van der Waals surface area contributed by atoms with Gasteiger partial charge in [0.1, 0.15) is 5.82 Å². The summed E-state index contributed by atoms with van der Waals surface area (Å²) in [5.41, 5.74) is 3.16. The van der Waals surface area contributed by atoms with Gasteiger partial charge in [0.2, 0.25) is 5.95 Å². The van der Waals surface area contributed by atoms with Gasteiger partial charge in [-0.05, 0) is 57.1 Å². The van der Waals surface area contributed by atoms with Crippen LogP contribution in [0.15, 0.2) is 42.7 Å². The van der Waals surface area contributed by atoms with Crippen LogP contribution >= 0.6 is 0 Å². The van der Waals surface area contributed by atoms with Gasteiger partial charge < -0.3 is 24.8 Å². The van der Waals surface area contributed by atoms with E-state index in [1.165, 1.54) is 0 Å². The van der Waals surface area contributed by atoms with E-state index >= 15 is 0 Å². The molecule has 4 heterocycles. The zero-order valence-corrected chi connectivity index (χ0v) is 19.7. The molecule has 2 unspecified atom stereocenters. The molecule has 2 N–H and O–H groups in total. The number of amides is 1. The van der Waals surface area contributed by atoms with Crippen molar-refractivity contribution in [3.63, 3.8) is 0 Å². The van der Waals surface area contributed by atoms with Crippen LogP contribution in [0.4, 0.5) is 11.6 Å². The monoisotopic (exact) mass is 461 g/mol. The SMILES string of the molecule is CC1CC(c2ncc(-c3ccnc(Nc4ccc(C(=O)N5CCN(C)CC5)cc4)n3)[nH]2)CCO1. The Morgan fingerprint density at radius 2 is 1.91 bits per heavy atom. The Morgan fingerprint density at radius 3 is 2.68 bits per heavy atom. The summed E-state index contributed by atoms with van der Waals surface area (Å²) in [4.78, 5) is 33.9. The lowest BCUT2D eigenvalue weighted by Crippen LogP contribution is -2.47. The first-order valence-corrected chi connectivity index (χ1v) is 11.9. The van der Waals surface area contributed by atoms with Gasteiger partial charge in [-0.15, -0.1) is 0 Å². The Kier molecular flexibility index (Phi) is 6.55. The Labute approximate surface area is 199 Å². The van der Waals surface area contributed by atoms with Gasteiger partial charge in [0, 0.05) is 56.2 Å². The number of piperazine rings is 1. The molecule has 1 amide bonds. The minimum absolute atomic E-state index is 0.0758. The molecule has 9 nitrogen and oxygen atoms in total. The van der Waals surface area contributed by atoms with E-state index in [4.69, 9.17) is 4.74 Å². The average Bonchev–Trinajstić information content (AvgIpc) is 3.35. The number of anilines is 2. The number of H-pyrrole nitrogens is 1. The van der Waals surface area contributed by atoms with Crippen molar-refractivity contribution in [2.45, 2.75) is 31.8 Å². The maximum atomic E-state index is 12.8. The molecule has 178 valence electrons. The zero-order valence-electron chi connectivity index (χ0n) is 19.7. The topological polar surface area (TPSA) is 99.3 Å². The molecule has 2 saturated heterocycles. The van der Waals surface area contributed by atoms with Crippen LogP contribution in [-0.2, 0) is 4.74 Å². The lowest BCUT2D eigenvalue weighted by molar-refractivity contribution is 0.0174. The molecule has 5 rings (SSSR count). The second-order valence-electron chi connectivity index (χ2n) is 9.15. The summed E-state index contributed by atoms with van der Waals surface area (Å²) in [5, 5.41) is 3.24. The molecule has 2 fully saturated rings. The Hall–Kier alpha value is -3.30. The predicted molar refractivity (Wildman–Crippen MR) is 130 cm³/mol. The van der Waals surface area contributed by atoms with E-state index < -0.39 is 0 Å². The largest absolute Gasteiger partial charge is 0.378 e. The highest BCUT2D eigenvalue weighted by atomic mass is 16.5. The van der Waals surface area contributed by atoms with Crippen molar-refractivity contribution < 1.29 is 9.53 Å². The molecule has 2 aliphatic heterocycles. The fourth-order valence-electron chi connectivity index (χ4n) is 4.51. The number of hydrogen-bond donors (Lipinski definition) is 2. The molecular formula is C25H31N7O2. The Morgan fingerprint density at radius 1 is 1.12 bits per heavy atom. The van der Waals surface area contributed by atoms with Gasteiger partial charge in [-0.1, -0.05) is 0 Å². The number of likely N-dealkylation sites (N-methyl/N-ethyl adjacent to an activating group) is 1. The van der Waals surface area contributed by atoms with Crippen LogP contribution in [0.2, 0.25) is 0 Å². The number of nitrogens with zero attached hydrogens (tertiary/aromatic N) is 5. The molecule has 0 spiro atoms. The summed E-state index contributed by atoms with van der Waals surface area (Å²) in [5.74, 6) is 1.93. The maximum Gasteiger partial charge on any atom is 0.253 e. The van der Waals surface area contributed by atoms with Crippen LogP contribution in [0, 0.1) is 0 Å². The number of aromatic nitrogens is 4. The summed E-state index contributed by atoms with van der Waals surface area (Å²) in [6, 6.07) is 9.35. The highest BCUT2D eigenvalue weighted by Crippen LogP contribution is 2.29. The number of rotatable bonds is 5. The molecule has 0 saturated carbocycles. The van der Waals surface area contributed by atoms with Gasteiger partial charge in [0.15, 0.2) is 0 Å². The lowest BCUT2D eigenvalue weighted by Gasteiger charge is -2.32. The summed E-state index contributed by atoms with van der Waals surface area (Å²) in [6.45, 7) is 6.21. The smallest absolute Gasteiger partial charge is 0.253 e. The fourth-order valence-corrected chi connectivity index (χ4v) is 4.51. The molecular weight excluding hydrogens is 430 g/mol. The van der Waals surface area contributed by atoms with Crippen molar-refractivity contribution in [2.24, 2.45) is 0 Å². The highest BCUT2D eigenvalue weighted by molar-refractivity contribution is 5.94. The van der Waals surface area contributed by atoms with E-state index in [9.17, 15) is 4.79 Å². The number of aromatic amines is 1. The first kappa shape index (κ1) is 22.5. The number of hydrogen-bond acceptors (Lipinski definition) is 7. The summed E-state index contributed by atoms with van der Waals surface area (Å²) >= 11 is 0. The van der Waals surface area contributed by atoms with Gasteiger partial charge in [-0.3, -0.25) is 4.79 Å². The average molecular weight is 462 g/mol. The van der Waals surface area contributed by atoms with E-state index in [0.29, 0.717) is 17.4 Å². The quantitative estimate of drug-likeness (QED) is 0.602. The molecule has 0 bridgehead atoms. The maximum absolute atomic E-state index is 12.8. The van der Waals surface area contributed by atoms with E-state index in [0.717, 1.165) is 68.5 Å². The molecule has 9 heteroatoms. The second kappa shape index (κ2) is 9.90. The van der Waals surface area contributed by atoms with Crippen molar-refractivity contribution >= 4 is 17.5 Å². The third kappa shape index (κ3) is 5.10. The number of carbonyl (C=O) groups excluding carboxylic acids is 1. The summed E-state index contributed by atoms with van der Waals surface area (Å²) in [7, 11) is 2.08. The fraction of sp³-hybridized carbons (Fsp3) is 0.440. The number of benzene rings is 1. The standard InChI is InChI=1S/C25H31N7O2/c1-17-15-19(8-14-34-17)23-27-16-22(29-23)21-7-9-26-25(30-21)28-20-5-3-18(4-6-20)24(33)32-12-10-31(2)11-13-32/h3-7,9,16-17,19H,8,10-15H2,1-2H3,(H,27,29)(H,26,28,30). The number of nitrogens with one attached hydrogen (secondary N) is 2. The third-order valence-corrected chi connectivity index (χ3v) is 6.58. The Balaban J connectivity index is 1.24. The van der Waals surface area contributed by atoms with Gasteiger partial charge in [0.25, 0.3) is 5.91 Å². The predicted octanol–water partition coefficient (Wildman–Crippen LogP) is 3.28. The molecule has 34 heavy (non-hydrogen) atoms. The van der Waals surface area contributed by atoms with Crippen molar-refractivity contribution in [1.29, 1.82) is 0 Å². The van der Waals surface area contributed by atoms with Gasteiger partial charge in [-0.25, -0.2) is 15.0 Å². The summed E-state index contributed by atoms with van der Waals surface area (Å²) in [6.07, 6.45) is 5.76. The van der Waals surface area contributed by atoms with Crippen LogP contribution < -0.4 is 5.32 Å². The van der Waals surface area contributed by atoms with Gasteiger partial charge in [0.05, 0.1) is 23.7 Å². The van der Waals surface area contributed by atoms with Crippen LogP contribution in [-0.4, -0.2) is 81.6 Å². The zero-order chi connectivity index (χ0) is 23.5. The van der Waals surface area contributed by atoms with Crippen molar-refractivity contribution in [2.75, 3.05) is 45.2 Å². The first-order valence-electron chi connectivity index (χ1n) is 11.9. The lowest BCUT2D eigenvalue weighted by atomic mass is 9.96. The van der Waals surface area contributed by atoms with Crippen LogP contribution in [0.25, 0.3) is 11.4 Å². The second-order valence-corrected chi connectivity index (χ2v) is 9.15. The molecule has 0 aliphatic carbocycles. The van der Waals surface area contributed by atoms with Crippen molar-refractivity contribution in [1.82, 2.24) is 29.7 Å². The summed E-state index contributed by atoms with van der Waals surface area (Å²) < 4.78 is 5.66. The third-order valence-electron chi connectivity index (χ3n) is 6.58. The van der Waals surface area contributed by atoms with E-state index in [-0.39, 0.29) is 12.0 Å². The van der Waals surface area contributed by atoms with Gasteiger partial charge >= 0.3 is 0 Å². The highest BCUT2D eigenvalue weighted by Gasteiger charge is 2.24. The van der Waals surface area contributed by atoms with Crippen LogP contribution in [0.3, 0.4) is 0 Å².